The van der Waals surface area contributed by atoms with Gasteiger partial charge in [0, 0.05) is 6.26 Å². The predicted molar refractivity (Wildman–Crippen MR) is 79.8 cm³/mol. The molecule has 0 amide bonds. The summed E-state index contributed by atoms with van der Waals surface area (Å²) in [4.78, 5) is 11.3. The summed E-state index contributed by atoms with van der Waals surface area (Å²) in [6.45, 7) is 3.88. The summed E-state index contributed by atoms with van der Waals surface area (Å²) in [6.07, 6.45) is 7.12. The quantitative estimate of drug-likeness (QED) is 0.875. The highest BCUT2D eigenvalue weighted by atomic mass is 32.2. The topological polar surface area (TPSA) is 71.4 Å². The second kappa shape index (κ2) is 6.70. The number of allylic oxidation sites excluding steroid dienone is 1. The summed E-state index contributed by atoms with van der Waals surface area (Å²) in [6, 6.07) is 2.92. The fourth-order valence-corrected chi connectivity index (χ4v) is 2.85. The molecule has 1 N–H and O–H groups in total. The molecule has 0 spiro atoms. The van der Waals surface area contributed by atoms with Crippen molar-refractivity contribution < 1.29 is 18.3 Å². The van der Waals surface area contributed by atoms with E-state index in [0.717, 1.165) is 19.1 Å². The lowest BCUT2D eigenvalue weighted by molar-refractivity contribution is 0.0695. The third-order valence-electron chi connectivity index (χ3n) is 3.00. The van der Waals surface area contributed by atoms with Gasteiger partial charge in [0.25, 0.3) is 0 Å². The molecular weight excluding hydrogens is 276 g/mol. The maximum Gasteiger partial charge on any atom is 0.336 e. The van der Waals surface area contributed by atoms with E-state index < -0.39 is 15.8 Å². The van der Waals surface area contributed by atoms with Gasteiger partial charge in [-0.3, -0.25) is 0 Å². The zero-order chi connectivity index (χ0) is 15.3. The zero-order valence-electron chi connectivity index (χ0n) is 12.0. The maximum atomic E-state index is 11.8. The average molecular weight is 296 g/mol. The molecule has 0 heterocycles. The van der Waals surface area contributed by atoms with Crippen LogP contribution in [0.15, 0.2) is 23.1 Å². The van der Waals surface area contributed by atoms with Crippen LogP contribution in [0.25, 0.3) is 6.08 Å². The summed E-state index contributed by atoms with van der Waals surface area (Å²) in [5, 5.41) is 9.18. The molecule has 0 saturated heterocycles. The van der Waals surface area contributed by atoms with Crippen LogP contribution >= 0.6 is 0 Å². The van der Waals surface area contributed by atoms with Crippen molar-refractivity contribution in [2.24, 2.45) is 0 Å². The van der Waals surface area contributed by atoms with Crippen LogP contribution in [0.3, 0.4) is 0 Å². The summed E-state index contributed by atoms with van der Waals surface area (Å²) in [7, 11) is -3.47. The fraction of sp³-hybridized carbons (Fsp3) is 0.400. The summed E-state index contributed by atoms with van der Waals surface area (Å²) in [5.41, 5.74) is 1.25. The molecule has 0 aliphatic heterocycles. The highest BCUT2D eigenvalue weighted by Gasteiger charge is 2.18. The van der Waals surface area contributed by atoms with Gasteiger partial charge in [-0.15, -0.1) is 0 Å². The van der Waals surface area contributed by atoms with Crippen molar-refractivity contribution in [3.05, 3.63) is 34.9 Å². The van der Waals surface area contributed by atoms with Gasteiger partial charge >= 0.3 is 5.97 Å². The molecule has 1 aromatic rings. The smallest absolute Gasteiger partial charge is 0.336 e. The highest BCUT2D eigenvalue weighted by molar-refractivity contribution is 7.90. The number of carboxylic acids is 1. The van der Waals surface area contributed by atoms with Gasteiger partial charge in [0.2, 0.25) is 0 Å². The molecule has 5 heteroatoms. The van der Waals surface area contributed by atoms with Gasteiger partial charge in [0.15, 0.2) is 9.84 Å². The Labute approximate surface area is 120 Å². The SMILES string of the molecule is CCCC=Cc1cc(CC)c(C(=O)O)cc1S(C)(=O)=O. The number of carbonyl (C=O) groups is 1. The van der Waals surface area contributed by atoms with Gasteiger partial charge in [-0.25, -0.2) is 13.2 Å². The Hall–Kier alpha value is -1.62. The van der Waals surface area contributed by atoms with Gasteiger partial charge in [0.1, 0.15) is 0 Å². The molecule has 0 bridgehead atoms. The van der Waals surface area contributed by atoms with E-state index in [4.69, 9.17) is 0 Å². The lowest BCUT2D eigenvalue weighted by Crippen LogP contribution is -2.08. The van der Waals surface area contributed by atoms with Crippen LogP contribution < -0.4 is 0 Å². The molecule has 1 rings (SSSR count). The molecule has 0 radical (unpaired) electrons. The Morgan fingerprint density at radius 1 is 1.30 bits per heavy atom. The van der Waals surface area contributed by atoms with E-state index in [1.165, 1.54) is 6.07 Å². The van der Waals surface area contributed by atoms with E-state index in [2.05, 4.69) is 0 Å². The van der Waals surface area contributed by atoms with Crippen LogP contribution in [0.1, 0.15) is 48.2 Å². The first kappa shape index (κ1) is 16.4. The lowest BCUT2D eigenvalue weighted by Gasteiger charge is -2.10. The second-order valence-corrected chi connectivity index (χ2v) is 6.65. The summed E-state index contributed by atoms with van der Waals surface area (Å²) >= 11 is 0. The first-order valence-corrected chi connectivity index (χ1v) is 8.47. The largest absolute Gasteiger partial charge is 0.478 e. The standard InChI is InChI=1S/C15H20O4S/c1-4-6-7-8-12-9-11(5-2)13(15(16)17)10-14(12)20(3,18)19/h7-10H,4-6H2,1-3H3,(H,16,17). The van der Waals surface area contributed by atoms with Gasteiger partial charge in [-0.1, -0.05) is 32.4 Å². The van der Waals surface area contributed by atoms with Gasteiger partial charge in [0.05, 0.1) is 10.5 Å². The number of sulfone groups is 1. The fourth-order valence-electron chi connectivity index (χ4n) is 1.96. The zero-order valence-corrected chi connectivity index (χ0v) is 12.8. The van der Waals surface area contributed by atoms with Crippen LogP contribution in [0.4, 0.5) is 0 Å². The van der Waals surface area contributed by atoms with Crippen LogP contribution in [0.5, 0.6) is 0 Å². The van der Waals surface area contributed by atoms with Gasteiger partial charge in [-0.05, 0) is 36.1 Å². The molecule has 4 nitrogen and oxygen atoms in total. The number of rotatable bonds is 6. The number of aromatic carboxylic acids is 1. The maximum absolute atomic E-state index is 11.8. The van der Waals surface area contributed by atoms with Crippen molar-refractivity contribution in [2.45, 2.75) is 38.0 Å². The molecule has 0 saturated carbocycles. The number of hydrogen-bond acceptors (Lipinski definition) is 3. The lowest BCUT2D eigenvalue weighted by atomic mass is 10.0. The monoisotopic (exact) mass is 296 g/mol. The molecule has 110 valence electrons. The van der Waals surface area contributed by atoms with E-state index in [1.54, 1.807) is 12.1 Å². The van der Waals surface area contributed by atoms with E-state index in [1.807, 2.05) is 19.9 Å². The molecule has 20 heavy (non-hydrogen) atoms. The number of benzene rings is 1. The third-order valence-corrected chi connectivity index (χ3v) is 4.15. The Kier molecular flexibility index (Phi) is 5.51. The molecule has 0 aliphatic carbocycles. The Morgan fingerprint density at radius 2 is 1.95 bits per heavy atom. The number of aryl methyl sites for hydroxylation is 1. The van der Waals surface area contributed by atoms with Crippen molar-refractivity contribution >= 4 is 21.9 Å². The number of unbranched alkanes of at least 4 members (excludes halogenated alkanes) is 1. The van der Waals surface area contributed by atoms with Crippen molar-refractivity contribution in [1.82, 2.24) is 0 Å². The summed E-state index contributed by atoms with van der Waals surface area (Å²) in [5.74, 6) is -1.10. The van der Waals surface area contributed by atoms with Crippen molar-refractivity contribution in [3.63, 3.8) is 0 Å². The Morgan fingerprint density at radius 3 is 2.40 bits per heavy atom. The van der Waals surface area contributed by atoms with Gasteiger partial charge < -0.3 is 5.11 Å². The Balaban J connectivity index is 3.52. The highest BCUT2D eigenvalue weighted by Crippen LogP contribution is 2.24. The average Bonchev–Trinajstić information content (AvgIpc) is 2.36. The number of carboxylic acid groups (broad SMARTS) is 1. The molecule has 0 atom stereocenters. The Bertz CT molecular complexity index is 628. The first-order chi connectivity index (χ1) is 9.31. The second-order valence-electron chi connectivity index (χ2n) is 4.67. The molecule has 0 aliphatic rings. The first-order valence-electron chi connectivity index (χ1n) is 6.58. The minimum absolute atomic E-state index is 0.0561. The van der Waals surface area contributed by atoms with Crippen LogP contribution in [0.2, 0.25) is 0 Å². The van der Waals surface area contributed by atoms with Crippen molar-refractivity contribution in [1.29, 1.82) is 0 Å². The third kappa shape index (κ3) is 3.93. The summed E-state index contributed by atoms with van der Waals surface area (Å²) < 4.78 is 23.7. The molecule has 0 fully saturated rings. The molecule has 0 unspecified atom stereocenters. The molecule has 1 aromatic carbocycles. The van der Waals surface area contributed by atoms with Crippen molar-refractivity contribution in [3.8, 4) is 0 Å². The van der Waals surface area contributed by atoms with Crippen LogP contribution in [-0.4, -0.2) is 25.7 Å². The minimum Gasteiger partial charge on any atom is -0.478 e. The molecular formula is C15H20O4S. The predicted octanol–water partition coefficient (Wildman–Crippen LogP) is 3.16. The van der Waals surface area contributed by atoms with Gasteiger partial charge in [-0.2, -0.15) is 0 Å². The molecule has 0 aromatic heterocycles. The van der Waals surface area contributed by atoms with E-state index in [0.29, 0.717) is 17.5 Å². The van der Waals surface area contributed by atoms with Crippen LogP contribution in [0, 0.1) is 0 Å². The van der Waals surface area contributed by atoms with E-state index in [-0.39, 0.29) is 10.5 Å². The van der Waals surface area contributed by atoms with Crippen molar-refractivity contribution in [2.75, 3.05) is 6.26 Å². The van der Waals surface area contributed by atoms with E-state index in [9.17, 15) is 18.3 Å². The normalized spacial score (nSPS) is 11.9. The van der Waals surface area contributed by atoms with Crippen LogP contribution in [-0.2, 0) is 16.3 Å². The minimum atomic E-state index is -3.47. The van der Waals surface area contributed by atoms with E-state index >= 15 is 0 Å². The number of hydrogen-bond donors (Lipinski definition) is 1.